The predicted molar refractivity (Wildman–Crippen MR) is 110 cm³/mol. The third kappa shape index (κ3) is 6.51. The molecular formula is C21H29ClN2O4. The van der Waals surface area contributed by atoms with Crippen LogP contribution < -0.4 is 5.32 Å². The van der Waals surface area contributed by atoms with E-state index in [0.717, 1.165) is 24.1 Å². The SMILES string of the molecule is CN=C(CCl)C1(C[C@H](NC(=O)OC(C)(C)C)C(=O)OCc2ccccc2)CC1. The van der Waals surface area contributed by atoms with Gasteiger partial charge in [0.15, 0.2) is 0 Å². The van der Waals surface area contributed by atoms with Crippen molar-refractivity contribution in [3.63, 3.8) is 0 Å². The molecule has 0 saturated heterocycles. The fourth-order valence-corrected chi connectivity index (χ4v) is 3.47. The van der Waals surface area contributed by atoms with Crippen LogP contribution in [0.15, 0.2) is 35.3 Å². The molecule has 0 aliphatic heterocycles. The zero-order valence-corrected chi connectivity index (χ0v) is 17.7. The van der Waals surface area contributed by atoms with Gasteiger partial charge in [0.05, 0.1) is 5.88 Å². The van der Waals surface area contributed by atoms with Crippen molar-refractivity contribution < 1.29 is 19.1 Å². The molecule has 7 heteroatoms. The first kappa shape index (κ1) is 22.2. The average molecular weight is 409 g/mol. The third-order valence-electron chi connectivity index (χ3n) is 4.66. The second kappa shape index (κ2) is 9.41. The average Bonchev–Trinajstić information content (AvgIpc) is 3.40. The summed E-state index contributed by atoms with van der Waals surface area (Å²) in [5.41, 5.74) is 0.805. The first-order chi connectivity index (χ1) is 13.2. The molecule has 1 N–H and O–H groups in total. The van der Waals surface area contributed by atoms with Gasteiger partial charge in [-0.05, 0) is 45.6 Å². The molecule has 28 heavy (non-hydrogen) atoms. The number of hydrogen-bond donors (Lipinski definition) is 1. The largest absolute Gasteiger partial charge is 0.459 e. The summed E-state index contributed by atoms with van der Waals surface area (Å²) in [5, 5.41) is 2.67. The van der Waals surface area contributed by atoms with Gasteiger partial charge in [0.25, 0.3) is 0 Å². The maximum absolute atomic E-state index is 12.8. The van der Waals surface area contributed by atoms with Gasteiger partial charge in [-0.25, -0.2) is 9.59 Å². The number of benzene rings is 1. The smallest absolute Gasteiger partial charge is 0.408 e. The van der Waals surface area contributed by atoms with E-state index in [2.05, 4.69) is 10.3 Å². The minimum atomic E-state index is -0.832. The van der Waals surface area contributed by atoms with Gasteiger partial charge in [0.2, 0.25) is 0 Å². The Kier molecular flexibility index (Phi) is 7.47. The van der Waals surface area contributed by atoms with E-state index in [1.807, 2.05) is 30.3 Å². The molecule has 1 saturated carbocycles. The molecule has 1 amide bonds. The van der Waals surface area contributed by atoms with Gasteiger partial charge < -0.3 is 14.8 Å². The summed E-state index contributed by atoms with van der Waals surface area (Å²) in [5.74, 6) is -0.194. The number of alkyl halides is 1. The lowest BCUT2D eigenvalue weighted by Gasteiger charge is -2.26. The lowest BCUT2D eigenvalue weighted by molar-refractivity contribution is -0.148. The summed E-state index contributed by atoms with van der Waals surface area (Å²) in [6, 6.07) is 8.57. The van der Waals surface area contributed by atoms with Crippen molar-refractivity contribution in [2.45, 2.75) is 58.3 Å². The number of carbonyl (C=O) groups is 2. The van der Waals surface area contributed by atoms with Crippen LogP contribution in [0.2, 0.25) is 0 Å². The Morgan fingerprint density at radius 2 is 1.89 bits per heavy atom. The highest BCUT2D eigenvalue weighted by Crippen LogP contribution is 2.51. The van der Waals surface area contributed by atoms with Crippen LogP contribution in [0.5, 0.6) is 0 Å². The number of aliphatic imine (C=N–C) groups is 1. The lowest BCUT2D eigenvalue weighted by atomic mass is 9.92. The van der Waals surface area contributed by atoms with Gasteiger partial charge in [-0.2, -0.15) is 0 Å². The van der Waals surface area contributed by atoms with Crippen molar-refractivity contribution in [2.24, 2.45) is 10.4 Å². The van der Waals surface area contributed by atoms with Crippen LogP contribution in [0, 0.1) is 5.41 Å². The van der Waals surface area contributed by atoms with Crippen molar-refractivity contribution in [3.05, 3.63) is 35.9 Å². The molecule has 0 bridgehead atoms. The van der Waals surface area contributed by atoms with Crippen molar-refractivity contribution in [1.82, 2.24) is 5.32 Å². The van der Waals surface area contributed by atoms with Gasteiger partial charge in [0.1, 0.15) is 18.2 Å². The second-order valence-electron chi connectivity index (χ2n) is 8.08. The van der Waals surface area contributed by atoms with E-state index in [4.69, 9.17) is 21.1 Å². The molecule has 0 aromatic heterocycles. The molecule has 154 valence electrons. The van der Waals surface area contributed by atoms with Gasteiger partial charge in [-0.15, -0.1) is 11.6 Å². The van der Waals surface area contributed by atoms with Crippen LogP contribution in [-0.2, 0) is 20.9 Å². The molecule has 2 rings (SSSR count). The molecule has 0 spiro atoms. The standard InChI is InChI=1S/C21H29ClN2O4/c1-20(2,3)28-19(26)24-16(12-21(10-11-21)17(13-22)23-4)18(25)27-14-15-8-6-5-7-9-15/h5-9,16H,10-14H2,1-4H3,(H,24,26)/t16-/m0/s1. The number of alkyl carbamates (subject to hydrolysis) is 1. The Balaban J connectivity index is 2.09. The number of hydrogen-bond acceptors (Lipinski definition) is 5. The molecule has 0 unspecified atom stereocenters. The van der Waals surface area contributed by atoms with Gasteiger partial charge in [-0.3, -0.25) is 4.99 Å². The molecule has 1 aliphatic rings. The van der Waals surface area contributed by atoms with Crippen LogP contribution in [-0.4, -0.2) is 42.3 Å². The van der Waals surface area contributed by atoms with Crippen molar-refractivity contribution in [1.29, 1.82) is 0 Å². The number of rotatable bonds is 8. The van der Waals surface area contributed by atoms with E-state index in [0.29, 0.717) is 12.3 Å². The summed E-state index contributed by atoms with van der Waals surface area (Å²) in [6.45, 7) is 5.45. The first-order valence-electron chi connectivity index (χ1n) is 9.41. The Labute approximate surface area is 171 Å². The Hall–Kier alpha value is -2.08. The fourth-order valence-electron chi connectivity index (χ4n) is 3.06. The van der Waals surface area contributed by atoms with Crippen LogP contribution in [0.1, 0.15) is 45.6 Å². The summed E-state index contributed by atoms with van der Waals surface area (Å²) < 4.78 is 10.8. The molecule has 0 radical (unpaired) electrons. The number of halogens is 1. The second-order valence-corrected chi connectivity index (χ2v) is 8.35. The molecule has 1 fully saturated rings. The lowest BCUT2D eigenvalue weighted by Crippen LogP contribution is -2.46. The van der Waals surface area contributed by atoms with Crippen LogP contribution in [0.4, 0.5) is 4.79 Å². The normalized spacial score (nSPS) is 16.8. The number of nitrogens with one attached hydrogen (secondary N) is 1. The first-order valence-corrected chi connectivity index (χ1v) is 9.95. The zero-order chi connectivity index (χ0) is 20.8. The van der Waals surface area contributed by atoms with E-state index in [-0.39, 0.29) is 12.0 Å². The zero-order valence-electron chi connectivity index (χ0n) is 17.0. The minimum absolute atomic E-state index is 0.142. The monoisotopic (exact) mass is 408 g/mol. The van der Waals surface area contributed by atoms with Crippen molar-refractivity contribution in [3.8, 4) is 0 Å². The number of ether oxygens (including phenoxy) is 2. The highest BCUT2D eigenvalue weighted by Gasteiger charge is 2.49. The Bertz CT molecular complexity index is 709. The minimum Gasteiger partial charge on any atom is -0.459 e. The van der Waals surface area contributed by atoms with Gasteiger partial charge in [-0.1, -0.05) is 30.3 Å². The summed E-state index contributed by atoms with van der Waals surface area (Å²) in [4.78, 5) is 29.3. The van der Waals surface area contributed by atoms with E-state index in [9.17, 15) is 9.59 Å². The Morgan fingerprint density at radius 1 is 1.25 bits per heavy atom. The van der Waals surface area contributed by atoms with E-state index in [1.54, 1.807) is 27.8 Å². The van der Waals surface area contributed by atoms with Crippen LogP contribution in [0.3, 0.4) is 0 Å². The summed E-state index contributed by atoms with van der Waals surface area (Å²) >= 11 is 6.03. The van der Waals surface area contributed by atoms with Gasteiger partial charge >= 0.3 is 12.1 Å². The number of nitrogens with zero attached hydrogens (tertiary/aromatic N) is 1. The fraction of sp³-hybridized carbons (Fsp3) is 0.571. The third-order valence-corrected chi connectivity index (χ3v) is 4.91. The van der Waals surface area contributed by atoms with Crippen LogP contribution >= 0.6 is 11.6 Å². The number of amides is 1. The molecule has 0 heterocycles. The maximum atomic E-state index is 12.8. The molecule has 1 atom stereocenters. The topological polar surface area (TPSA) is 77.0 Å². The molecule has 1 aromatic carbocycles. The summed E-state index contributed by atoms with van der Waals surface area (Å²) in [7, 11) is 1.70. The molecule has 1 aromatic rings. The molecular weight excluding hydrogens is 380 g/mol. The van der Waals surface area contributed by atoms with E-state index < -0.39 is 23.7 Å². The summed E-state index contributed by atoms with van der Waals surface area (Å²) in [6.07, 6.45) is 1.50. The van der Waals surface area contributed by atoms with Crippen molar-refractivity contribution in [2.75, 3.05) is 12.9 Å². The highest BCUT2D eigenvalue weighted by molar-refractivity contribution is 6.29. The predicted octanol–water partition coefficient (Wildman–Crippen LogP) is 4.10. The van der Waals surface area contributed by atoms with Gasteiger partial charge in [0, 0.05) is 18.2 Å². The van der Waals surface area contributed by atoms with E-state index in [1.165, 1.54) is 0 Å². The molecule has 6 nitrogen and oxygen atoms in total. The van der Waals surface area contributed by atoms with Crippen molar-refractivity contribution >= 4 is 29.4 Å². The highest BCUT2D eigenvalue weighted by atomic mass is 35.5. The van der Waals surface area contributed by atoms with E-state index >= 15 is 0 Å². The maximum Gasteiger partial charge on any atom is 0.408 e. The van der Waals surface area contributed by atoms with Crippen LogP contribution in [0.25, 0.3) is 0 Å². The quantitative estimate of drug-likeness (QED) is 0.399. The molecule has 1 aliphatic carbocycles. The Morgan fingerprint density at radius 3 is 2.39 bits per heavy atom. The number of esters is 1. The number of carbonyl (C=O) groups excluding carboxylic acids is 2.